The van der Waals surface area contributed by atoms with Crippen molar-refractivity contribution in [2.45, 2.75) is 27.2 Å². The lowest BCUT2D eigenvalue weighted by atomic mass is 9.80. The topological polar surface area (TPSA) is 69.6 Å². The standard InChI is InChI=1S/C12H24N2O3/c1-12(2,3)9(11(16)17)10(15)13-7-6-8-14(4)5/h9H,6-8H2,1-5H3,(H,13,15)(H,16,17). The fourth-order valence-corrected chi connectivity index (χ4v) is 1.58. The van der Waals surface area contributed by atoms with Gasteiger partial charge in [-0.25, -0.2) is 0 Å². The maximum atomic E-state index is 11.8. The molecule has 0 rings (SSSR count). The second-order valence-electron chi connectivity index (χ2n) is 5.59. The highest BCUT2D eigenvalue weighted by Crippen LogP contribution is 2.26. The quantitative estimate of drug-likeness (QED) is 0.535. The van der Waals surface area contributed by atoms with E-state index in [2.05, 4.69) is 5.32 Å². The summed E-state index contributed by atoms with van der Waals surface area (Å²) >= 11 is 0. The summed E-state index contributed by atoms with van der Waals surface area (Å²) < 4.78 is 0. The molecule has 0 fully saturated rings. The van der Waals surface area contributed by atoms with E-state index >= 15 is 0 Å². The third-order valence-corrected chi connectivity index (χ3v) is 2.46. The molecule has 1 atom stereocenters. The van der Waals surface area contributed by atoms with Crippen molar-refractivity contribution in [2.24, 2.45) is 11.3 Å². The summed E-state index contributed by atoms with van der Waals surface area (Å²) in [7, 11) is 3.91. The SMILES string of the molecule is CN(C)CCCNC(=O)C(C(=O)O)C(C)(C)C. The van der Waals surface area contributed by atoms with Crippen LogP contribution in [0.4, 0.5) is 0 Å². The van der Waals surface area contributed by atoms with Gasteiger partial charge in [-0.15, -0.1) is 0 Å². The lowest BCUT2D eigenvalue weighted by Gasteiger charge is -2.26. The number of carboxylic acids is 1. The summed E-state index contributed by atoms with van der Waals surface area (Å²) in [6, 6.07) is 0. The highest BCUT2D eigenvalue weighted by Gasteiger charge is 2.37. The summed E-state index contributed by atoms with van der Waals surface area (Å²) in [5.74, 6) is -2.46. The van der Waals surface area contributed by atoms with Crippen LogP contribution in [0.5, 0.6) is 0 Å². The van der Waals surface area contributed by atoms with Crippen LogP contribution in [0.2, 0.25) is 0 Å². The van der Waals surface area contributed by atoms with Gasteiger partial charge in [-0.1, -0.05) is 20.8 Å². The highest BCUT2D eigenvalue weighted by atomic mass is 16.4. The first-order valence-electron chi connectivity index (χ1n) is 5.81. The van der Waals surface area contributed by atoms with Gasteiger partial charge in [0.1, 0.15) is 5.92 Å². The average Bonchev–Trinajstić information content (AvgIpc) is 2.08. The number of hydrogen-bond acceptors (Lipinski definition) is 3. The number of amides is 1. The first-order valence-corrected chi connectivity index (χ1v) is 5.81. The third kappa shape index (κ3) is 6.26. The molecule has 0 heterocycles. The van der Waals surface area contributed by atoms with Gasteiger partial charge >= 0.3 is 5.97 Å². The lowest BCUT2D eigenvalue weighted by molar-refractivity contribution is -0.151. The molecule has 0 aliphatic rings. The summed E-state index contributed by atoms with van der Waals surface area (Å²) in [6.45, 7) is 6.64. The minimum Gasteiger partial charge on any atom is -0.481 e. The monoisotopic (exact) mass is 244 g/mol. The van der Waals surface area contributed by atoms with Crippen molar-refractivity contribution < 1.29 is 14.7 Å². The van der Waals surface area contributed by atoms with Gasteiger partial charge in [0.25, 0.3) is 0 Å². The van der Waals surface area contributed by atoms with Crippen molar-refractivity contribution in [1.82, 2.24) is 10.2 Å². The van der Waals surface area contributed by atoms with Crippen molar-refractivity contribution >= 4 is 11.9 Å². The lowest BCUT2D eigenvalue weighted by Crippen LogP contribution is -2.43. The normalized spacial score (nSPS) is 13.5. The highest BCUT2D eigenvalue weighted by molar-refractivity contribution is 5.97. The predicted octanol–water partition coefficient (Wildman–Crippen LogP) is 0.801. The van der Waals surface area contributed by atoms with E-state index in [1.807, 2.05) is 19.0 Å². The van der Waals surface area contributed by atoms with Crippen LogP contribution in [0.25, 0.3) is 0 Å². The van der Waals surface area contributed by atoms with E-state index in [4.69, 9.17) is 5.11 Å². The van der Waals surface area contributed by atoms with Crippen LogP contribution in [-0.4, -0.2) is 49.1 Å². The molecule has 2 N–H and O–H groups in total. The van der Waals surface area contributed by atoms with Crippen LogP contribution in [-0.2, 0) is 9.59 Å². The molecule has 0 aromatic rings. The van der Waals surface area contributed by atoms with Gasteiger partial charge in [0.05, 0.1) is 0 Å². The zero-order valence-corrected chi connectivity index (χ0v) is 11.4. The molecule has 17 heavy (non-hydrogen) atoms. The Balaban J connectivity index is 4.23. The summed E-state index contributed by atoms with van der Waals surface area (Å²) in [5.41, 5.74) is -0.572. The van der Waals surface area contributed by atoms with Crippen LogP contribution < -0.4 is 5.32 Å². The Morgan fingerprint density at radius 1 is 1.29 bits per heavy atom. The van der Waals surface area contributed by atoms with Crippen molar-refractivity contribution in [3.8, 4) is 0 Å². The molecular formula is C12H24N2O3. The van der Waals surface area contributed by atoms with Gasteiger partial charge in [0, 0.05) is 6.54 Å². The van der Waals surface area contributed by atoms with Crippen molar-refractivity contribution in [3.05, 3.63) is 0 Å². The predicted molar refractivity (Wildman–Crippen MR) is 66.8 cm³/mol. The Bertz CT molecular complexity index is 269. The first kappa shape index (κ1) is 15.9. The number of carbonyl (C=O) groups excluding carboxylic acids is 1. The van der Waals surface area contributed by atoms with E-state index in [0.717, 1.165) is 13.0 Å². The number of carbonyl (C=O) groups is 2. The Morgan fingerprint density at radius 2 is 1.82 bits per heavy atom. The Morgan fingerprint density at radius 3 is 2.18 bits per heavy atom. The van der Waals surface area contributed by atoms with Gasteiger partial charge in [-0.3, -0.25) is 9.59 Å². The Labute approximate surface area is 103 Å². The van der Waals surface area contributed by atoms with Crippen LogP contribution in [0.15, 0.2) is 0 Å². The maximum Gasteiger partial charge on any atom is 0.316 e. The van der Waals surface area contributed by atoms with Crippen LogP contribution in [0, 0.1) is 11.3 Å². The molecule has 0 aliphatic heterocycles. The second-order valence-corrected chi connectivity index (χ2v) is 5.59. The minimum atomic E-state index is -1.07. The van der Waals surface area contributed by atoms with Crippen LogP contribution in [0.3, 0.4) is 0 Å². The molecule has 5 heteroatoms. The van der Waals surface area contributed by atoms with Crippen molar-refractivity contribution in [1.29, 1.82) is 0 Å². The second kappa shape index (κ2) is 6.59. The van der Waals surface area contributed by atoms with E-state index in [9.17, 15) is 9.59 Å². The Kier molecular flexibility index (Phi) is 6.16. The zero-order valence-electron chi connectivity index (χ0n) is 11.4. The van der Waals surface area contributed by atoms with E-state index < -0.39 is 23.2 Å². The summed E-state index contributed by atoms with van der Waals surface area (Å²) in [6.07, 6.45) is 0.815. The molecule has 0 saturated carbocycles. The number of nitrogens with zero attached hydrogens (tertiary/aromatic N) is 1. The summed E-state index contributed by atoms with van der Waals surface area (Å²) in [5, 5.41) is 11.7. The van der Waals surface area contributed by atoms with E-state index in [1.165, 1.54) is 0 Å². The first-order chi connectivity index (χ1) is 7.66. The summed E-state index contributed by atoms with van der Waals surface area (Å²) in [4.78, 5) is 24.8. The van der Waals surface area contributed by atoms with E-state index in [-0.39, 0.29) is 0 Å². The van der Waals surface area contributed by atoms with Crippen molar-refractivity contribution in [3.63, 3.8) is 0 Å². The van der Waals surface area contributed by atoms with E-state index in [1.54, 1.807) is 20.8 Å². The van der Waals surface area contributed by atoms with E-state index in [0.29, 0.717) is 6.54 Å². The van der Waals surface area contributed by atoms with Gasteiger partial charge < -0.3 is 15.3 Å². The molecule has 0 aromatic heterocycles. The number of rotatable bonds is 6. The van der Waals surface area contributed by atoms with Gasteiger partial charge in [0.15, 0.2) is 0 Å². The smallest absolute Gasteiger partial charge is 0.316 e. The molecule has 100 valence electrons. The molecule has 1 amide bonds. The maximum absolute atomic E-state index is 11.8. The fourth-order valence-electron chi connectivity index (χ4n) is 1.58. The van der Waals surface area contributed by atoms with Gasteiger partial charge in [-0.2, -0.15) is 0 Å². The van der Waals surface area contributed by atoms with Crippen LogP contribution in [0.1, 0.15) is 27.2 Å². The fraction of sp³-hybridized carbons (Fsp3) is 0.833. The third-order valence-electron chi connectivity index (χ3n) is 2.46. The number of aliphatic carboxylic acids is 1. The minimum absolute atomic E-state index is 0.399. The molecule has 0 aromatic carbocycles. The van der Waals surface area contributed by atoms with Gasteiger partial charge in [0.2, 0.25) is 5.91 Å². The molecule has 0 bridgehead atoms. The molecule has 1 unspecified atom stereocenters. The largest absolute Gasteiger partial charge is 0.481 e. The zero-order chi connectivity index (χ0) is 13.6. The Hall–Kier alpha value is -1.10. The molecule has 0 saturated heterocycles. The van der Waals surface area contributed by atoms with Gasteiger partial charge in [-0.05, 0) is 32.5 Å². The molecule has 0 radical (unpaired) electrons. The average molecular weight is 244 g/mol. The number of hydrogen-bond donors (Lipinski definition) is 2. The van der Waals surface area contributed by atoms with Crippen molar-refractivity contribution in [2.75, 3.05) is 27.2 Å². The molecule has 0 spiro atoms. The molecule has 5 nitrogen and oxygen atoms in total. The number of carboxylic acid groups (broad SMARTS) is 1. The molecular weight excluding hydrogens is 220 g/mol. The van der Waals surface area contributed by atoms with Crippen LogP contribution >= 0.6 is 0 Å². The number of nitrogens with one attached hydrogen (secondary N) is 1. The molecule has 0 aliphatic carbocycles.